The average molecular weight is 367 g/mol. The van der Waals surface area contributed by atoms with Gasteiger partial charge in [0.25, 0.3) is 5.91 Å². The number of ether oxygens (including phenoxy) is 1. The summed E-state index contributed by atoms with van der Waals surface area (Å²) in [6.07, 6.45) is 1.10. The monoisotopic (exact) mass is 367 g/mol. The number of nitrogens with zero attached hydrogens (tertiary/aromatic N) is 3. The smallest absolute Gasteiger partial charge is 0.270 e. The van der Waals surface area contributed by atoms with Crippen LogP contribution in [0.5, 0.6) is 5.75 Å². The average Bonchev–Trinajstić information content (AvgIpc) is 2.93. The van der Waals surface area contributed by atoms with Gasteiger partial charge >= 0.3 is 0 Å². The summed E-state index contributed by atoms with van der Waals surface area (Å²) in [6.45, 7) is 2.55. The lowest BCUT2D eigenvalue weighted by atomic mass is 10.2. The summed E-state index contributed by atoms with van der Waals surface area (Å²) in [4.78, 5) is 19.2. The summed E-state index contributed by atoms with van der Waals surface area (Å²) in [5.41, 5.74) is 1.22. The van der Waals surface area contributed by atoms with E-state index in [9.17, 15) is 13.2 Å². The van der Waals surface area contributed by atoms with E-state index in [-0.39, 0.29) is 11.0 Å². The number of benzene rings is 1. The third-order valence-corrected chi connectivity index (χ3v) is 6.23. The van der Waals surface area contributed by atoms with Gasteiger partial charge in [0.05, 0.1) is 24.2 Å². The quantitative estimate of drug-likeness (QED) is 0.828. The number of carbonyl (C=O) groups excluding carboxylic acids is 1. The molecule has 0 spiro atoms. The third-order valence-electron chi connectivity index (χ3n) is 3.72. The lowest BCUT2D eigenvalue weighted by Crippen LogP contribution is -2.37. The van der Waals surface area contributed by atoms with Crippen LogP contribution < -0.4 is 13.9 Å². The van der Waals surface area contributed by atoms with Crippen molar-refractivity contribution in [3.05, 3.63) is 34.8 Å². The second kappa shape index (κ2) is 6.06. The Hall–Kier alpha value is -2.13. The maximum atomic E-state index is 12.9. The molecule has 1 aliphatic heterocycles. The van der Waals surface area contributed by atoms with E-state index in [0.29, 0.717) is 35.2 Å². The van der Waals surface area contributed by atoms with E-state index in [4.69, 9.17) is 4.74 Å². The molecule has 0 aliphatic carbocycles. The van der Waals surface area contributed by atoms with Crippen LogP contribution in [0.1, 0.15) is 15.4 Å². The zero-order chi connectivity index (χ0) is 17.5. The number of hydrogen-bond donors (Lipinski definition) is 0. The normalized spacial score (nSPS) is 14.0. The van der Waals surface area contributed by atoms with Gasteiger partial charge in [-0.15, -0.1) is 0 Å². The number of aromatic nitrogens is 1. The highest BCUT2D eigenvalue weighted by molar-refractivity contribution is 7.92. The van der Waals surface area contributed by atoms with Crippen LogP contribution in [0.3, 0.4) is 0 Å². The summed E-state index contributed by atoms with van der Waals surface area (Å²) in [5.74, 6) is 0.460. The maximum Gasteiger partial charge on any atom is 0.270 e. The van der Waals surface area contributed by atoms with E-state index in [1.165, 1.54) is 7.05 Å². The third kappa shape index (κ3) is 2.96. The van der Waals surface area contributed by atoms with Crippen molar-refractivity contribution >= 4 is 38.1 Å². The number of para-hydroxylation sites is 2. The van der Waals surface area contributed by atoms with Gasteiger partial charge in [-0.2, -0.15) is 0 Å². The fourth-order valence-corrected chi connectivity index (χ4v) is 4.09. The molecule has 1 aliphatic rings. The minimum atomic E-state index is -3.42. The number of carbonyl (C=O) groups is 1. The molecule has 0 radical (unpaired) electrons. The Kier molecular flexibility index (Phi) is 4.22. The van der Waals surface area contributed by atoms with Gasteiger partial charge < -0.3 is 9.64 Å². The van der Waals surface area contributed by atoms with Crippen LogP contribution in [0.25, 0.3) is 0 Å². The van der Waals surface area contributed by atoms with Gasteiger partial charge in [-0.05, 0) is 19.1 Å². The molecule has 0 N–H and O–H groups in total. The standard InChI is InChI=1S/C15H17N3O4S2/c1-10-13(23-15(16-10)17(2)24(3,20)21)14(19)18-8-9-22-12-7-5-4-6-11(12)18/h4-7H,8-9H2,1-3H3. The molecular weight excluding hydrogens is 350 g/mol. The Morgan fingerprint density at radius 1 is 1.38 bits per heavy atom. The van der Waals surface area contributed by atoms with E-state index >= 15 is 0 Å². The first-order chi connectivity index (χ1) is 11.3. The van der Waals surface area contributed by atoms with Crippen molar-refractivity contribution in [3.8, 4) is 5.75 Å². The predicted molar refractivity (Wildman–Crippen MR) is 93.7 cm³/mol. The molecule has 0 saturated heterocycles. The number of rotatable bonds is 3. The number of hydrogen-bond acceptors (Lipinski definition) is 6. The zero-order valence-corrected chi connectivity index (χ0v) is 15.1. The molecule has 0 unspecified atom stereocenters. The highest BCUT2D eigenvalue weighted by Gasteiger charge is 2.28. The molecule has 24 heavy (non-hydrogen) atoms. The fourth-order valence-electron chi connectivity index (χ4n) is 2.36. The first-order valence-electron chi connectivity index (χ1n) is 7.24. The van der Waals surface area contributed by atoms with Gasteiger partial charge in [0.1, 0.15) is 17.2 Å². The molecule has 2 aromatic rings. The molecule has 0 atom stereocenters. The second-order valence-electron chi connectivity index (χ2n) is 5.41. The fraction of sp³-hybridized carbons (Fsp3) is 0.333. The van der Waals surface area contributed by atoms with Gasteiger partial charge in [0.15, 0.2) is 5.13 Å². The molecule has 1 aromatic heterocycles. The highest BCUT2D eigenvalue weighted by atomic mass is 32.2. The molecule has 9 heteroatoms. The SMILES string of the molecule is Cc1nc(N(C)S(C)(=O)=O)sc1C(=O)N1CCOc2ccccc21. The number of thiazole rings is 1. The predicted octanol–water partition coefficient (Wildman–Crippen LogP) is 1.89. The molecule has 1 amide bonds. The van der Waals surface area contributed by atoms with Gasteiger partial charge in [-0.1, -0.05) is 23.5 Å². The molecule has 1 aromatic carbocycles. The second-order valence-corrected chi connectivity index (χ2v) is 8.41. The summed E-state index contributed by atoms with van der Waals surface area (Å²) in [7, 11) is -2.00. The lowest BCUT2D eigenvalue weighted by Gasteiger charge is -2.29. The summed E-state index contributed by atoms with van der Waals surface area (Å²) in [5, 5.41) is 0.278. The minimum Gasteiger partial charge on any atom is -0.490 e. The van der Waals surface area contributed by atoms with E-state index < -0.39 is 10.0 Å². The highest BCUT2D eigenvalue weighted by Crippen LogP contribution is 2.34. The van der Waals surface area contributed by atoms with Crippen LogP contribution in [0.4, 0.5) is 10.8 Å². The number of sulfonamides is 1. The van der Waals surface area contributed by atoms with Crippen molar-refractivity contribution in [3.63, 3.8) is 0 Å². The van der Waals surface area contributed by atoms with Crippen LogP contribution >= 0.6 is 11.3 Å². The lowest BCUT2D eigenvalue weighted by molar-refractivity contribution is 0.0979. The largest absolute Gasteiger partial charge is 0.490 e. The van der Waals surface area contributed by atoms with Crippen LogP contribution in [0.15, 0.2) is 24.3 Å². The first kappa shape index (κ1) is 16.7. The Bertz CT molecular complexity index is 892. The van der Waals surface area contributed by atoms with Crippen LogP contribution in [-0.2, 0) is 10.0 Å². The molecule has 128 valence electrons. The number of amides is 1. The van der Waals surface area contributed by atoms with E-state index in [1.807, 2.05) is 24.3 Å². The van der Waals surface area contributed by atoms with Gasteiger partial charge in [0.2, 0.25) is 10.0 Å². The molecule has 0 saturated carbocycles. The molecular formula is C15H17N3O4S2. The van der Waals surface area contributed by atoms with Crippen LogP contribution in [-0.4, -0.2) is 45.8 Å². The number of aryl methyl sites for hydroxylation is 1. The first-order valence-corrected chi connectivity index (χ1v) is 9.90. The number of fused-ring (bicyclic) bond motifs is 1. The van der Waals surface area contributed by atoms with Gasteiger partial charge in [-0.25, -0.2) is 17.7 Å². The van der Waals surface area contributed by atoms with Gasteiger partial charge in [-0.3, -0.25) is 4.79 Å². The van der Waals surface area contributed by atoms with Gasteiger partial charge in [0, 0.05) is 7.05 Å². The topological polar surface area (TPSA) is 79.8 Å². The van der Waals surface area contributed by atoms with Crippen molar-refractivity contribution < 1.29 is 17.9 Å². The van der Waals surface area contributed by atoms with Crippen molar-refractivity contribution in [1.29, 1.82) is 0 Å². The molecule has 2 heterocycles. The Morgan fingerprint density at radius 2 is 2.08 bits per heavy atom. The molecule has 0 bridgehead atoms. The van der Waals surface area contributed by atoms with E-state index in [2.05, 4.69) is 4.98 Å². The van der Waals surface area contributed by atoms with E-state index in [0.717, 1.165) is 21.9 Å². The number of anilines is 2. The maximum absolute atomic E-state index is 12.9. The Labute approximate surface area is 144 Å². The van der Waals surface area contributed by atoms with Crippen molar-refractivity contribution in [2.45, 2.75) is 6.92 Å². The van der Waals surface area contributed by atoms with Crippen LogP contribution in [0, 0.1) is 6.92 Å². The Balaban J connectivity index is 1.96. The summed E-state index contributed by atoms with van der Waals surface area (Å²) < 4.78 is 30.0. The minimum absolute atomic E-state index is 0.200. The summed E-state index contributed by atoms with van der Waals surface area (Å²) in [6, 6.07) is 7.34. The molecule has 3 rings (SSSR count). The Morgan fingerprint density at radius 3 is 2.79 bits per heavy atom. The molecule has 7 nitrogen and oxygen atoms in total. The van der Waals surface area contributed by atoms with Crippen molar-refractivity contribution in [2.24, 2.45) is 0 Å². The van der Waals surface area contributed by atoms with Crippen molar-refractivity contribution in [2.75, 3.05) is 35.7 Å². The zero-order valence-electron chi connectivity index (χ0n) is 13.5. The van der Waals surface area contributed by atoms with Crippen LogP contribution in [0.2, 0.25) is 0 Å². The molecule has 0 fully saturated rings. The van der Waals surface area contributed by atoms with Crippen molar-refractivity contribution in [1.82, 2.24) is 4.98 Å². The van der Waals surface area contributed by atoms with E-state index in [1.54, 1.807) is 11.8 Å². The summed E-state index contributed by atoms with van der Waals surface area (Å²) >= 11 is 1.07.